The predicted octanol–water partition coefficient (Wildman–Crippen LogP) is 8.89. The van der Waals surface area contributed by atoms with Crippen LogP contribution in [0.2, 0.25) is 6.04 Å². The third-order valence-corrected chi connectivity index (χ3v) is 21.7. The van der Waals surface area contributed by atoms with Gasteiger partial charge in [0.25, 0.3) is 0 Å². The first-order chi connectivity index (χ1) is 14.8. The predicted molar refractivity (Wildman–Crippen MR) is 153 cm³/mol. The largest absolute Gasteiger partial charge is 0.394 e. The van der Waals surface area contributed by atoms with Gasteiger partial charge in [-0.05, 0) is 108 Å². The van der Waals surface area contributed by atoms with Gasteiger partial charge in [0.2, 0.25) is 0 Å². The number of methoxy groups -OCH3 is 1. The summed E-state index contributed by atoms with van der Waals surface area (Å²) < 4.78 is 19.1. The third-order valence-electron chi connectivity index (χ3n) is 3.24. The Kier molecular flexibility index (Phi) is 18.2. The molecule has 0 aliphatic carbocycles. The molecule has 0 unspecified atom stereocenters. The Labute approximate surface area is 215 Å². The number of fused-ring (bicyclic) bond motifs is 1. The van der Waals surface area contributed by atoms with Crippen LogP contribution < -0.4 is 0 Å². The van der Waals surface area contributed by atoms with E-state index in [0.29, 0.717) is 0 Å². The van der Waals surface area contributed by atoms with Crippen LogP contribution in [0.5, 0.6) is 0 Å². The summed E-state index contributed by atoms with van der Waals surface area (Å²) in [6, 6.07) is 9.33. The van der Waals surface area contributed by atoms with E-state index in [1.54, 1.807) is 58.7 Å². The van der Waals surface area contributed by atoms with Crippen molar-refractivity contribution in [1.82, 2.24) is 4.98 Å². The monoisotopic (exact) mass is 594 g/mol. The lowest BCUT2D eigenvalue weighted by Crippen LogP contribution is -2.24. The number of ether oxygens (including phenoxy) is 1. The zero-order valence-corrected chi connectivity index (χ0v) is 25.0. The van der Waals surface area contributed by atoms with E-state index in [0.717, 1.165) is 54.3 Å². The zero-order valence-electron chi connectivity index (χ0n) is 16.6. The number of nitrogens with zero attached hydrogens (tertiary/aromatic N) is 1. The van der Waals surface area contributed by atoms with Gasteiger partial charge >= 0.3 is 9.28 Å². The van der Waals surface area contributed by atoms with Gasteiger partial charge in [0, 0.05) is 32.7 Å². The number of benzene rings is 1. The highest BCUT2D eigenvalue weighted by molar-refractivity contribution is 9.48. The molecule has 1 aromatic carbocycles. The molecule has 30 heavy (non-hydrogen) atoms. The Morgan fingerprint density at radius 3 is 2.57 bits per heavy atom. The van der Waals surface area contributed by atoms with E-state index < -0.39 is 9.28 Å². The molecular weight excluding hydrogens is 571 g/mol. The van der Waals surface area contributed by atoms with Gasteiger partial charge in [-0.3, -0.25) is 0 Å². The Morgan fingerprint density at radius 2 is 1.77 bits per heavy atom. The fourth-order valence-electron chi connectivity index (χ4n) is 2.04. The number of rotatable bonds is 19. The van der Waals surface area contributed by atoms with Crippen LogP contribution in [0.3, 0.4) is 0 Å². The Bertz CT molecular complexity index is 651. The van der Waals surface area contributed by atoms with Gasteiger partial charge < -0.3 is 13.6 Å². The molecule has 0 saturated heterocycles. The van der Waals surface area contributed by atoms with Crippen molar-refractivity contribution < 1.29 is 13.6 Å². The summed E-state index contributed by atoms with van der Waals surface area (Å²) in [7, 11) is 15.1. The van der Waals surface area contributed by atoms with E-state index in [4.69, 9.17) is 13.6 Å². The first-order valence-electron chi connectivity index (χ1n) is 9.09. The second-order valence-electron chi connectivity index (χ2n) is 5.36. The highest BCUT2D eigenvalue weighted by Gasteiger charge is 2.14. The molecule has 2 rings (SSSR count). The fourth-order valence-corrected chi connectivity index (χ4v) is 22.2. The molecule has 0 N–H and O–H groups in total. The van der Waals surface area contributed by atoms with Crippen LogP contribution >= 0.6 is 91.9 Å². The Morgan fingerprint density at radius 1 is 0.967 bits per heavy atom. The van der Waals surface area contributed by atoms with Crippen LogP contribution in [0.4, 0.5) is 0 Å². The molecule has 1 aromatic heterocycles. The van der Waals surface area contributed by atoms with Crippen LogP contribution in [-0.4, -0.2) is 47.0 Å². The number of para-hydroxylation sites is 1. The summed E-state index contributed by atoms with van der Waals surface area (Å²) in [6.45, 7) is 4.25. The molecule has 2 aromatic rings. The summed E-state index contributed by atoms with van der Waals surface area (Å²) in [5.74, 6) is 1.13. The summed E-state index contributed by atoms with van der Waals surface area (Å²) in [4.78, 5) is 4.63. The van der Waals surface area contributed by atoms with Gasteiger partial charge in [-0.1, -0.05) is 22.9 Å². The first kappa shape index (κ1) is 28.2. The number of hydrogen-bond donors (Lipinski definition) is 0. The number of thiazole rings is 1. The van der Waals surface area contributed by atoms with Crippen molar-refractivity contribution in [2.75, 3.05) is 32.7 Å². The van der Waals surface area contributed by atoms with Crippen molar-refractivity contribution in [3.05, 3.63) is 24.3 Å². The van der Waals surface area contributed by atoms with E-state index in [2.05, 4.69) is 23.2 Å². The van der Waals surface area contributed by atoms with Gasteiger partial charge in [0.05, 0.1) is 10.2 Å². The van der Waals surface area contributed by atoms with Crippen LogP contribution in [0.15, 0.2) is 28.6 Å². The first-order valence-corrected chi connectivity index (χ1v) is 21.7. The van der Waals surface area contributed by atoms with E-state index in [-0.39, 0.29) is 0 Å². The van der Waals surface area contributed by atoms with Crippen LogP contribution in [0, 0.1) is 0 Å². The van der Waals surface area contributed by atoms with Crippen molar-refractivity contribution in [3.8, 4) is 0 Å². The SMILES string of the molecule is CCO[Si](CCCSSSSSSSSc1nc2ccccc2s1)OCCCOC. The molecule has 169 valence electrons. The molecule has 0 bridgehead atoms. The van der Waals surface area contributed by atoms with Crippen molar-refractivity contribution in [2.24, 2.45) is 0 Å². The van der Waals surface area contributed by atoms with Crippen LogP contribution in [-0.2, 0) is 13.6 Å². The molecule has 0 fully saturated rings. The highest BCUT2D eigenvalue weighted by atomic mass is 34.0. The summed E-state index contributed by atoms with van der Waals surface area (Å²) in [5, 5.41) is 0. The lowest BCUT2D eigenvalue weighted by molar-refractivity contribution is 0.152. The minimum Gasteiger partial charge on any atom is -0.394 e. The molecule has 14 heteroatoms. The lowest BCUT2D eigenvalue weighted by Gasteiger charge is -2.14. The molecule has 0 amide bonds. The maximum absolute atomic E-state index is 5.88. The normalized spacial score (nSPS) is 11.7. The van der Waals surface area contributed by atoms with Crippen molar-refractivity contribution in [2.45, 2.75) is 30.1 Å². The second-order valence-corrected chi connectivity index (χ2v) is 21.5. The number of aromatic nitrogens is 1. The summed E-state index contributed by atoms with van der Waals surface area (Å²) in [5.41, 5.74) is 1.09. The van der Waals surface area contributed by atoms with Crippen LogP contribution in [0.25, 0.3) is 10.2 Å². The molecule has 0 aliphatic rings. The fraction of sp³-hybridized carbons (Fsp3) is 0.562. The van der Waals surface area contributed by atoms with Gasteiger partial charge in [-0.2, -0.15) is 0 Å². The van der Waals surface area contributed by atoms with Gasteiger partial charge in [-0.25, -0.2) is 4.98 Å². The summed E-state index contributed by atoms with van der Waals surface area (Å²) >= 11 is 1.76. The third kappa shape index (κ3) is 13.0. The van der Waals surface area contributed by atoms with Crippen molar-refractivity contribution in [1.29, 1.82) is 0 Å². The molecule has 1 radical (unpaired) electrons. The Hall–Kier alpha value is 2.01. The average Bonchev–Trinajstić information content (AvgIpc) is 3.17. The molecule has 4 nitrogen and oxygen atoms in total. The van der Waals surface area contributed by atoms with E-state index in [1.807, 2.05) is 53.3 Å². The van der Waals surface area contributed by atoms with Crippen molar-refractivity contribution in [3.63, 3.8) is 0 Å². The van der Waals surface area contributed by atoms with Gasteiger partial charge in [0.15, 0.2) is 4.34 Å². The quantitative estimate of drug-likeness (QED) is 0.0886. The second kappa shape index (κ2) is 19.3. The minimum atomic E-state index is -1.12. The molecule has 0 atom stereocenters. The maximum Gasteiger partial charge on any atom is 0.384 e. The van der Waals surface area contributed by atoms with E-state index in [9.17, 15) is 0 Å². The molecule has 0 aliphatic heterocycles. The number of hydrogen-bond acceptors (Lipinski definition) is 13. The Balaban J connectivity index is 1.39. The van der Waals surface area contributed by atoms with E-state index >= 15 is 0 Å². The van der Waals surface area contributed by atoms with Gasteiger partial charge in [-0.15, -0.1) is 11.3 Å². The molecule has 0 spiro atoms. The molecule has 1 heterocycles. The summed E-state index contributed by atoms with van der Waals surface area (Å²) in [6.07, 6.45) is 2.07. The minimum absolute atomic E-state index is 0.733. The topological polar surface area (TPSA) is 40.6 Å². The van der Waals surface area contributed by atoms with E-state index in [1.165, 1.54) is 4.70 Å². The van der Waals surface area contributed by atoms with Gasteiger partial charge in [0.1, 0.15) is 0 Å². The zero-order chi connectivity index (χ0) is 21.3. The van der Waals surface area contributed by atoms with Crippen molar-refractivity contribution >= 4 is 111 Å². The standard InChI is InChI=1S/C16H24NO3S9Si/c1-3-19-30(20-11-6-10-18-2)13-7-12-21-24-26-28-29-27-25-23-16-17-14-8-4-5-9-15(14)22-16/h4-5,8-9H,3,6-7,10-13H2,1-2H3. The average molecular weight is 595 g/mol. The lowest BCUT2D eigenvalue weighted by atomic mass is 10.3. The highest BCUT2D eigenvalue weighted by Crippen LogP contribution is 2.58. The maximum atomic E-state index is 5.88. The molecule has 0 saturated carbocycles. The smallest absolute Gasteiger partial charge is 0.384 e. The van der Waals surface area contributed by atoms with Crippen LogP contribution in [0.1, 0.15) is 19.8 Å². The molecular formula is C16H24NO3S9Si.